The molecule has 1 aromatic carbocycles. The van der Waals surface area contributed by atoms with Crippen molar-refractivity contribution in [3.63, 3.8) is 0 Å². The molecule has 0 unspecified atom stereocenters. The highest BCUT2D eigenvalue weighted by Crippen LogP contribution is 2.35. The number of piperazine rings is 1. The summed E-state index contributed by atoms with van der Waals surface area (Å²) >= 11 is 0. The van der Waals surface area contributed by atoms with E-state index in [1.54, 1.807) is 43.3 Å². The summed E-state index contributed by atoms with van der Waals surface area (Å²) in [4.78, 5) is 45.1. The number of carbonyl (C=O) groups excluding carboxylic acids is 1. The number of benzene rings is 1. The molecule has 2 fully saturated rings. The fourth-order valence-corrected chi connectivity index (χ4v) is 6.96. The zero-order valence-electron chi connectivity index (χ0n) is 28.0. The molecule has 1 saturated carbocycles. The summed E-state index contributed by atoms with van der Waals surface area (Å²) < 4.78 is 14.2. The third-order valence-electron chi connectivity index (χ3n) is 9.47. The molecule has 0 spiro atoms. The monoisotopic (exact) mass is 659 g/mol. The molecule has 2 aliphatic rings. The Kier molecular flexibility index (Phi) is 9.51. The van der Waals surface area contributed by atoms with Crippen LogP contribution in [0.2, 0.25) is 0 Å². The van der Waals surface area contributed by atoms with Crippen molar-refractivity contribution >= 4 is 5.91 Å². The first-order valence-corrected chi connectivity index (χ1v) is 17.0. The van der Waals surface area contributed by atoms with Crippen LogP contribution in [0, 0.1) is 0 Å². The van der Waals surface area contributed by atoms with Crippen molar-refractivity contribution < 1.29 is 14.3 Å². The van der Waals surface area contributed by atoms with Crippen LogP contribution in [0.3, 0.4) is 0 Å². The lowest BCUT2D eigenvalue weighted by atomic mass is 9.94. The lowest BCUT2D eigenvalue weighted by Crippen LogP contribution is -2.47. The van der Waals surface area contributed by atoms with Gasteiger partial charge < -0.3 is 19.7 Å². The number of amides is 1. The van der Waals surface area contributed by atoms with Crippen molar-refractivity contribution in [3.05, 3.63) is 101 Å². The number of carbonyl (C=O) groups is 1. The number of hydrogen-bond donors (Lipinski definition) is 1. The number of aromatic nitrogens is 5. The third-order valence-corrected chi connectivity index (χ3v) is 9.47. The molecule has 5 aromatic rings. The molecule has 49 heavy (non-hydrogen) atoms. The highest BCUT2D eigenvalue weighted by Gasteiger charge is 2.33. The van der Waals surface area contributed by atoms with Gasteiger partial charge in [-0.1, -0.05) is 49.6 Å². The van der Waals surface area contributed by atoms with Crippen LogP contribution >= 0.6 is 0 Å². The van der Waals surface area contributed by atoms with Gasteiger partial charge in [-0.3, -0.25) is 13.9 Å². The molecule has 0 radical (unpaired) electrons. The fourth-order valence-electron chi connectivity index (χ4n) is 6.96. The summed E-state index contributed by atoms with van der Waals surface area (Å²) in [5.74, 6) is 0.874. The van der Waals surface area contributed by atoms with Crippen LogP contribution in [0.4, 0.5) is 0 Å². The van der Waals surface area contributed by atoms with Gasteiger partial charge in [-0.05, 0) is 42.7 Å². The number of rotatable bonds is 9. The molecule has 1 aliphatic carbocycles. The van der Waals surface area contributed by atoms with E-state index in [4.69, 9.17) is 14.5 Å². The average molecular weight is 660 g/mol. The van der Waals surface area contributed by atoms with Gasteiger partial charge in [-0.15, -0.1) is 0 Å². The van der Waals surface area contributed by atoms with E-state index in [-0.39, 0.29) is 24.2 Å². The Morgan fingerprint density at radius 2 is 1.43 bits per heavy atom. The van der Waals surface area contributed by atoms with E-state index in [0.717, 1.165) is 54.4 Å². The molecule has 5 heterocycles. The molecule has 0 atom stereocenters. The Bertz CT molecular complexity index is 1890. The maximum absolute atomic E-state index is 14.8. The third kappa shape index (κ3) is 6.71. The van der Waals surface area contributed by atoms with Crippen molar-refractivity contribution in [1.82, 2.24) is 34.3 Å². The normalized spacial score (nSPS) is 15.3. The Labute approximate surface area is 285 Å². The van der Waals surface area contributed by atoms with Gasteiger partial charge in [0.25, 0.3) is 5.91 Å². The van der Waals surface area contributed by atoms with Crippen LogP contribution < -0.4 is 20.5 Å². The number of hydrogen-bond acceptors (Lipinski definition) is 8. The first kappa shape index (κ1) is 32.3. The molecule has 4 aromatic heterocycles. The second-order valence-corrected chi connectivity index (χ2v) is 12.6. The van der Waals surface area contributed by atoms with Crippen LogP contribution in [0.15, 0.2) is 83.9 Å². The van der Waals surface area contributed by atoms with Gasteiger partial charge >= 0.3 is 5.69 Å². The van der Waals surface area contributed by atoms with Gasteiger partial charge in [0.05, 0.1) is 37.8 Å². The van der Waals surface area contributed by atoms with Gasteiger partial charge in [0, 0.05) is 73.4 Å². The predicted molar refractivity (Wildman–Crippen MR) is 188 cm³/mol. The summed E-state index contributed by atoms with van der Waals surface area (Å²) in [7, 11) is 3.16. The molecular weight excluding hydrogens is 618 g/mol. The van der Waals surface area contributed by atoms with E-state index in [0.29, 0.717) is 60.7 Å². The van der Waals surface area contributed by atoms with Crippen LogP contribution in [0.25, 0.3) is 33.8 Å². The molecule has 1 saturated heterocycles. The zero-order chi connectivity index (χ0) is 33.7. The van der Waals surface area contributed by atoms with E-state index < -0.39 is 0 Å². The van der Waals surface area contributed by atoms with E-state index in [9.17, 15) is 9.59 Å². The number of ether oxygens (including phenoxy) is 2. The molecular formula is C38H41N7O4. The smallest absolute Gasteiger partial charge is 0.329 e. The molecule has 1 aliphatic heterocycles. The molecule has 1 N–H and O–H groups in total. The maximum Gasteiger partial charge on any atom is 0.329 e. The minimum absolute atomic E-state index is 0.0200. The van der Waals surface area contributed by atoms with Crippen molar-refractivity contribution in [2.24, 2.45) is 0 Å². The predicted octanol–water partition coefficient (Wildman–Crippen LogP) is 5.45. The zero-order valence-corrected chi connectivity index (χ0v) is 28.0. The summed E-state index contributed by atoms with van der Waals surface area (Å²) in [6.07, 6.45) is 8.52. The molecule has 11 heteroatoms. The van der Waals surface area contributed by atoms with Gasteiger partial charge in [-0.2, -0.15) is 0 Å². The van der Waals surface area contributed by atoms with Gasteiger partial charge in [0.1, 0.15) is 5.69 Å². The molecule has 1 amide bonds. The van der Waals surface area contributed by atoms with Crippen molar-refractivity contribution in [2.75, 3.05) is 40.4 Å². The molecule has 11 nitrogen and oxygen atoms in total. The standard InChI is InChI=1S/C38H41N7O4/c1-48-33-15-13-28(23-40-33)31-21-26(22-32(42-31)29-14-16-34(49-2)41-24-29)25-44-36(37(46)43-19-17-39-18-20-43)35(27-9-5-3-6-10-27)45(38(44)47)30-11-7-4-8-12-30/h3,5-6,9-10,13-16,21-24,30,39H,4,7-8,11-12,17-20,25H2,1-2H3. The highest BCUT2D eigenvalue weighted by molar-refractivity contribution is 5.99. The van der Waals surface area contributed by atoms with Crippen molar-refractivity contribution in [2.45, 2.75) is 44.7 Å². The van der Waals surface area contributed by atoms with Crippen LogP contribution in [0.1, 0.15) is 54.2 Å². The average Bonchev–Trinajstić information content (AvgIpc) is 3.46. The minimum Gasteiger partial charge on any atom is -0.481 e. The largest absolute Gasteiger partial charge is 0.481 e. The van der Waals surface area contributed by atoms with Crippen molar-refractivity contribution in [1.29, 1.82) is 0 Å². The SMILES string of the molecule is COc1ccc(-c2cc(Cn3c(C(=O)N4CCNCC4)c(-c4ccccc4)n(C4CCCCC4)c3=O)cc(-c3ccc(OC)nc3)n2)cn1. The Balaban J connectivity index is 1.42. The van der Waals surface area contributed by atoms with Crippen molar-refractivity contribution in [3.8, 4) is 45.5 Å². The highest BCUT2D eigenvalue weighted by atomic mass is 16.5. The van der Waals surface area contributed by atoms with E-state index in [2.05, 4.69) is 15.3 Å². The second-order valence-electron chi connectivity index (χ2n) is 12.6. The molecule has 0 bridgehead atoms. The summed E-state index contributed by atoms with van der Waals surface area (Å²) in [5, 5.41) is 3.35. The number of methoxy groups -OCH3 is 2. The van der Waals surface area contributed by atoms with Crippen LogP contribution in [-0.4, -0.2) is 75.3 Å². The number of imidazole rings is 1. The Hall–Kier alpha value is -5.29. The summed E-state index contributed by atoms with van der Waals surface area (Å²) in [5.41, 5.74) is 5.60. The Morgan fingerprint density at radius 3 is 1.98 bits per heavy atom. The molecule has 7 rings (SSSR count). The minimum atomic E-state index is -0.165. The lowest BCUT2D eigenvalue weighted by Gasteiger charge is -2.28. The van der Waals surface area contributed by atoms with E-state index in [1.807, 2.05) is 64.1 Å². The number of pyridine rings is 3. The topological polar surface area (TPSA) is 116 Å². The fraction of sp³-hybridized carbons (Fsp3) is 0.342. The summed E-state index contributed by atoms with van der Waals surface area (Å²) in [6.45, 7) is 2.76. The van der Waals surface area contributed by atoms with Gasteiger partial charge in [0.15, 0.2) is 0 Å². The van der Waals surface area contributed by atoms with E-state index >= 15 is 0 Å². The molecule has 252 valence electrons. The Morgan fingerprint density at radius 1 is 0.816 bits per heavy atom. The quantitative estimate of drug-likeness (QED) is 0.222. The number of nitrogens with zero attached hydrogens (tertiary/aromatic N) is 6. The maximum atomic E-state index is 14.8. The van der Waals surface area contributed by atoms with E-state index in [1.165, 1.54) is 0 Å². The van der Waals surface area contributed by atoms with Crippen LogP contribution in [0.5, 0.6) is 11.8 Å². The summed E-state index contributed by atoms with van der Waals surface area (Å²) in [6, 6.07) is 21.3. The van der Waals surface area contributed by atoms with Crippen LogP contribution in [-0.2, 0) is 6.54 Å². The lowest BCUT2D eigenvalue weighted by molar-refractivity contribution is 0.0725. The number of nitrogens with one attached hydrogen (secondary N) is 1. The first-order valence-electron chi connectivity index (χ1n) is 17.0. The first-order chi connectivity index (χ1) is 24.0. The van der Waals surface area contributed by atoms with Gasteiger partial charge in [-0.25, -0.2) is 19.7 Å². The van der Waals surface area contributed by atoms with Gasteiger partial charge in [0.2, 0.25) is 11.8 Å². The second kappa shape index (κ2) is 14.4.